The number of benzene rings is 3. The van der Waals surface area contributed by atoms with Gasteiger partial charge < -0.3 is 20.3 Å². The van der Waals surface area contributed by atoms with E-state index in [2.05, 4.69) is 32.6 Å². The van der Waals surface area contributed by atoms with Gasteiger partial charge in [0, 0.05) is 45.0 Å². The fraction of sp³-hybridized carbons (Fsp3) is 0.296. The van der Waals surface area contributed by atoms with E-state index >= 15 is 0 Å². The molecule has 1 fully saturated rings. The number of hydrogen-bond acceptors (Lipinski definition) is 4. The van der Waals surface area contributed by atoms with Crippen LogP contribution in [0.5, 0.6) is 5.75 Å². The number of nitrogens with zero attached hydrogens (tertiary/aromatic N) is 2. The second-order valence-electron chi connectivity index (χ2n) is 8.18. The summed E-state index contributed by atoms with van der Waals surface area (Å²) in [5.74, 6) is 0.878. The normalized spacial score (nSPS) is 14.2. The van der Waals surface area contributed by atoms with Crippen molar-refractivity contribution in [2.45, 2.75) is 6.04 Å². The van der Waals surface area contributed by atoms with Crippen molar-refractivity contribution in [1.82, 2.24) is 15.5 Å². The molecule has 2 N–H and O–H groups in total. The van der Waals surface area contributed by atoms with Crippen LogP contribution in [0.15, 0.2) is 84.9 Å². The lowest BCUT2D eigenvalue weighted by atomic mass is 9.99. The highest BCUT2D eigenvalue weighted by Gasteiger charge is 2.19. The monoisotopic (exact) mass is 444 g/mol. The van der Waals surface area contributed by atoms with Crippen LogP contribution in [0.25, 0.3) is 0 Å². The van der Waals surface area contributed by atoms with E-state index in [4.69, 9.17) is 4.74 Å². The largest absolute Gasteiger partial charge is 0.497 e. The highest BCUT2D eigenvalue weighted by Crippen LogP contribution is 2.22. The van der Waals surface area contributed by atoms with Crippen LogP contribution in [0.2, 0.25) is 0 Å². The van der Waals surface area contributed by atoms with Crippen molar-refractivity contribution in [3.8, 4) is 5.75 Å². The molecule has 1 aliphatic heterocycles. The molecule has 0 aliphatic carbocycles. The van der Waals surface area contributed by atoms with Gasteiger partial charge in [0.2, 0.25) is 0 Å². The molecule has 3 aromatic carbocycles. The van der Waals surface area contributed by atoms with Gasteiger partial charge in [-0.05, 0) is 35.4 Å². The zero-order valence-corrected chi connectivity index (χ0v) is 19.1. The predicted molar refractivity (Wildman–Crippen MR) is 133 cm³/mol. The van der Waals surface area contributed by atoms with E-state index in [-0.39, 0.29) is 12.1 Å². The highest BCUT2D eigenvalue weighted by atomic mass is 16.5. The Balaban J connectivity index is 1.23. The molecule has 6 nitrogen and oxygen atoms in total. The first-order chi connectivity index (χ1) is 16.2. The summed E-state index contributed by atoms with van der Waals surface area (Å²) >= 11 is 0. The van der Waals surface area contributed by atoms with Gasteiger partial charge in [-0.25, -0.2) is 4.79 Å². The van der Waals surface area contributed by atoms with Crippen molar-refractivity contribution >= 4 is 11.7 Å². The van der Waals surface area contributed by atoms with Gasteiger partial charge >= 0.3 is 6.03 Å². The van der Waals surface area contributed by atoms with E-state index < -0.39 is 0 Å². The van der Waals surface area contributed by atoms with Crippen molar-refractivity contribution in [3.63, 3.8) is 0 Å². The molecule has 33 heavy (non-hydrogen) atoms. The molecule has 0 bridgehead atoms. The summed E-state index contributed by atoms with van der Waals surface area (Å²) in [5, 5.41) is 6.17. The van der Waals surface area contributed by atoms with Crippen molar-refractivity contribution in [3.05, 3.63) is 96.1 Å². The maximum atomic E-state index is 12.7. The Morgan fingerprint density at radius 3 is 1.97 bits per heavy atom. The van der Waals surface area contributed by atoms with E-state index in [0.717, 1.165) is 49.6 Å². The number of urea groups is 1. The molecule has 0 unspecified atom stereocenters. The average molecular weight is 445 g/mol. The molecule has 0 spiro atoms. The van der Waals surface area contributed by atoms with Crippen molar-refractivity contribution in [2.75, 3.05) is 51.3 Å². The van der Waals surface area contributed by atoms with Gasteiger partial charge in [-0.2, -0.15) is 0 Å². The lowest BCUT2D eigenvalue weighted by Crippen LogP contribution is -2.49. The Labute approximate surface area is 196 Å². The van der Waals surface area contributed by atoms with Crippen LogP contribution in [0, 0.1) is 0 Å². The fourth-order valence-electron chi connectivity index (χ4n) is 4.18. The first-order valence-corrected chi connectivity index (χ1v) is 11.5. The smallest absolute Gasteiger partial charge is 0.315 e. The number of carbonyl (C=O) groups is 1. The summed E-state index contributed by atoms with van der Waals surface area (Å²) in [6.07, 6.45) is 0. The molecule has 2 amide bonds. The van der Waals surface area contributed by atoms with Gasteiger partial charge in [-0.1, -0.05) is 60.7 Å². The summed E-state index contributed by atoms with van der Waals surface area (Å²) in [6, 6.07) is 28.0. The third kappa shape index (κ3) is 6.26. The second-order valence-corrected chi connectivity index (χ2v) is 8.18. The number of piperazine rings is 1. The first-order valence-electron chi connectivity index (χ1n) is 11.5. The van der Waals surface area contributed by atoms with Gasteiger partial charge in [0.15, 0.2) is 0 Å². The molecule has 1 saturated heterocycles. The van der Waals surface area contributed by atoms with Gasteiger partial charge in [0.1, 0.15) is 5.75 Å². The number of carbonyl (C=O) groups excluding carboxylic acids is 1. The minimum absolute atomic E-state index is 0.149. The molecule has 0 radical (unpaired) electrons. The third-order valence-electron chi connectivity index (χ3n) is 6.06. The van der Waals surface area contributed by atoms with E-state index in [9.17, 15) is 4.79 Å². The Bertz CT molecular complexity index is 948. The van der Waals surface area contributed by atoms with Crippen molar-refractivity contribution in [1.29, 1.82) is 0 Å². The molecule has 6 heteroatoms. The van der Waals surface area contributed by atoms with Crippen LogP contribution in [0.3, 0.4) is 0 Å². The zero-order chi connectivity index (χ0) is 22.9. The van der Waals surface area contributed by atoms with Gasteiger partial charge in [0.05, 0.1) is 13.2 Å². The van der Waals surface area contributed by atoms with Crippen LogP contribution in [0.1, 0.15) is 17.2 Å². The SMILES string of the molecule is COc1ccc(N2CCN(CCNC(=O)NC(c3ccccc3)c3ccccc3)CC2)cc1. The summed E-state index contributed by atoms with van der Waals surface area (Å²) in [4.78, 5) is 17.5. The third-order valence-corrected chi connectivity index (χ3v) is 6.06. The Hall–Kier alpha value is -3.51. The quantitative estimate of drug-likeness (QED) is 0.553. The molecular weight excluding hydrogens is 412 g/mol. The molecule has 172 valence electrons. The average Bonchev–Trinajstić information content (AvgIpc) is 2.89. The fourth-order valence-corrected chi connectivity index (χ4v) is 4.18. The zero-order valence-electron chi connectivity index (χ0n) is 19.1. The van der Waals surface area contributed by atoms with Crippen LogP contribution in [0.4, 0.5) is 10.5 Å². The summed E-state index contributed by atoms with van der Waals surface area (Å²) in [5.41, 5.74) is 3.35. The Morgan fingerprint density at radius 1 is 0.848 bits per heavy atom. The number of hydrogen-bond donors (Lipinski definition) is 2. The van der Waals surface area contributed by atoms with Crippen LogP contribution in [-0.2, 0) is 0 Å². The minimum Gasteiger partial charge on any atom is -0.497 e. The summed E-state index contributed by atoms with van der Waals surface area (Å²) in [6.45, 7) is 5.36. The van der Waals surface area contributed by atoms with E-state index in [1.807, 2.05) is 72.8 Å². The maximum Gasteiger partial charge on any atom is 0.315 e. The van der Waals surface area contributed by atoms with E-state index in [0.29, 0.717) is 6.54 Å². The van der Waals surface area contributed by atoms with Gasteiger partial charge in [-0.15, -0.1) is 0 Å². The summed E-state index contributed by atoms with van der Waals surface area (Å²) < 4.78 is 5.24. The molecular formula is C27H32N4O2. The molecule has 1 aliphatic rings. The lowest BCUT2D eigenvalue weighted by Gasteiger charge is -2.36. The van der Waals surface area contributed by atoms with Crippen LogP contribution < -0.4 is 20.3 Å². The molecule has 4 rings (SSSR count). The number of nitrogens with one attached hydrogen (secondary N) is 2. The topological polar surface area (TPSA) is 56.8 Å². The first kappa shape index (κ1) is 22.7. The number of rotatable bonds is 8. The Kier molecular flexibility index (Phi) is 7.82. The molecule has 0 aromatic heterocycles. The van der Waals surface area contributed by atoms with Crippen molar-refractivity contribution < 1.29 is 9.53 Å². The standard InChI is InChI=1S/C27H32N4O2/c1-33-25-14-12-24(13-15-25)31-20-18-30(19-21-31)17-16-28-27(32)29-26(22-8-4-2-5-9-22)23-10-6-3-7-11-23/h2-15,26H,16-21H2,1H3,(H2,28,29,32). The molecule has 1 heterocycles. The molecule has 3 aromatic rings. The number of anilines is 1. The number of ether oxygens (including phenoxy) is 1. The predicted octanol–water partition coefficient (Wildman–Crippen LogP) is 3.91. The van der Waals surface area contributed by atoms with E-state index in [1.165, 1.54) is 5.69 Å². The highest BCUT2D eigenvalue weighted by molar-refractivity contribution is 5.75. The van der Waals surface area contributed by atoms with Crippen LogP contribution >= 0.6 is 0 Å². The summed E-state index contributed by atoms with van der Waals surface area (Å²) in [7, 11) is 1.69. The lowest BCUT2D eigenvalue weighted by molar-refractivity contribution is 0.230. The van der Waals surface area contributed by atoms with E-state index in [1.54, 1.807) is 7.11 Å². The molecule has 0 saturated carbocycles. The van der Waals surface area contributed by atoms with Crippen LogP contribution in [-0.4, -0.2) is 57.3 Å². The van der Waals surface area contributed by atoms with Gasteiger partial charge in [-0.3, -0.25) is 4.90 Å². The number of amides is 2. The Morgan fingerprint density at radius 2 is 1.42 bits per heavy atom. The van der Waals surface area contributed by atoms with Gasteiger partial charge in [0.25, 0.3) is 0 Å². The number of methoxy groups -OCH3 is 1. The maximum absolute atomic E-state index is 12.7. The minimum atomic E-state index is -0.180. The van der Waals surface area contributed by atoms with Crippen molar-refractivity contribution in [2.24, 2.45) is 0 Å². The second kappa shape index (κ2) is 11.4. The molecule has 0 atom stereocenters.